The maximum atomic E-state index is 10.9. The van der Waals surface area contributed by atoms with Gasteiger partial charge in [0.15, 0.2) is 0 Å². The fourth-order valence-corrected chi connectivity index (χ4v) is 4.56. The predicted molar refractivity (Wildman–Crippen MR) is 66.8 cm³/mol. The van der Waals surface area contributed by atoms with E-state index in [1.807, 2.05) is 0 Å². The van der Waals surface area contributed by atoms with Gasteiger partial charge in [-0.25, -0.2) is 0 Å². The summed E-state index contributed by atoms with van der Waals surface area (Å²) in [5.74, 6) is 1.28. The number of aliphatic hydroxyl groups is 1. The molecule has 3 heteroatoms. The van der Waals surface area contributed by atoms with Gasteiger partial charge in [0.1, 0.15) is 0 Å². The molecule has 3 aliphatic carbocycles. The Hall–Kier alpha value is -0.120. The van der Waals surface area contributed by atoms with Crippen molar-refractivity contribution in [3.05, 3.63) is 0 Å². The van der Waals surface area contributed by atoms with E-state index in [4.69, 9.17) is 4.74 Å². The molecule has 4 aliphatic rings. The highest BCUT2D eigenvalue weighted by atomic mass is 16.5. The fourth-order valence-electron chi connectivity index (χ4n) is 4.56. The number of nitrogens with zero attached hydrogens (tertiary/aromatic N) is 1. The molecule has 0 unspecified atom stereocenters. The molecule has 0 spiro atoms. The first kappa shape index (κ1) is 11.9. The highest BCUT2D eigenvalue weighted by molar-refractivity contribution is 5.14. The summed E-state index contributed by atoms with van der Waals surface area (Å²) in [6.07, 6.45) is 2.39. The van der Waals surface area contributed by atoms with E-state index in [1.165, 1.54) is 6.42 Å². The van der Waals surface area contributed by atoms with Crippen LogP contribution in [0.4, 0.5) is 0 Å². The van der Waals surface area contributed by atoms with Crippen molar-refractivity contribution in [1.82, 2.24) is 4.90 Å². The summed E-state index contributed by atoms with van der Waals surface area (Å²) in [6.45, 7) is 10.3. The van der Waals surface area contributed by atoms with Crippen LogP contribution in [0.3, 0.4) is 0 Å². The van der Waals surface area contributed by atoms with Crippen LogP contribution in [-0.4, -0.2) is 48.0 Å². The van der Waals surface area contributed by atoms with E-state index in [1.54, 1.807) is 0 Å². The maximum Gasteiger partial charge on any atom is 0.0807 e. The summed E-state index contributed by atoms with van der Waals surface area (Å²) in [4.78, 5) is 2.46. The molecule has 4 atom stereocenters. The number of hydrogen-bond acceptors (Lipinski definition) is 3. The standard InChI is InChI=1S/C14H25NO2/c1-13(2)10-8-11(13)14(3,16)12(9-10)15-4-6-17-7-5-15/h10-12,16H,4-9H2,1-3H3/t10-,11-,12+,14-/m0/s1. The van der Waals surface area contributed by atoms with Crippen LogP contribution in [0.2, 0.25) is 0 Å². The minimum Gasteiger partial charge on any atom is -0.388 e. The van der Waals surface area contributed by atoms with Crippen molar-refractivity contribution in [2.45, 2.75) is 45.3 Å². The van der Waals surface area contributed by atoms with Crippen LogP contribution in [0.25, 0.3) is 0 Å². The molecule has 98 valence electrons. The van der Waals surface area contributed by atoms with Gasteiger partial charge in [-0.1, -0.05) is 13.8 Å². The zero-order chi connectivity index (χ0) is 12.3. The van der Waals surface area contributed by atoms with Gasteiger partial charge in [0.05, 0.1) is 18.8 Å². The smallest absolute Gasteiger partial charge is 0.0807 e. The van der Waals surface area contributed by atoms with Crippen LogP contribution in [0.5, 0.6) is 0 Å². The molecule has 3 nitrogen and oxygen atoms in total. The van der Waals surface area contributed by atoms with E-state index in [0.717, 1.165) is 38.6 Å². The summed E-state index contributed by atoms with van der Waals surface area (Å²) in [6, 6.07) is 0.350. The van der Waals surface area contributed by atoms with Gasteiger partial charge < -0.3 is 9.84 Å². The molecule has 4 rings (SSSR count). The summed E-state index contributed by atoms with van der Waals surface area (Å²) in [5, 5.41) is 10.9. The lowest BCUT2D eigenvalue weighted by Gasteiger charge is -2.66. The van der Waals surface area contributed by atoms with E-state index in [9.17, 15) is 5.11 Å². The minimum atomic E-state index is -0.518. The fraction of sp³-hybridized carbons (Fsp3) is 1.00. The zero-order valence-electron chi connectivity index (χ0n) is 11.3. The molecule has 0 amide bonds. The lowest BCUT2D eigenvalue weighted by atomic mass is 9.43. The third-order valence-corrected chi connectivity index (χ3v) is 5.84. The van der Waals surface area contributed by atoms with Gasteiger partial charge in [-0.3, -0.25) is 4.90 Å². The lowest BCUT2D eigenvalue weighted by molar-refractivity contribution is -0.234. The second-order valence-electron chi connectivity index (χ2n) is 6.93. The Morgan fingerprint density at radius 3 is 2.29 bits per heavy atom. The molecule has 1 heterocycles. The summed E-state index contributed by atoms with van der Waals surface area (Å²) < 4.78 is 5.41. The molecule has 3 saturated carbocycles. The third-order valence-electron chi connectivity index (χ3n) is 5.84. The van der Waals surface area contributed by atoms with Gasteiger partial charge in [-0.05, 0) is 37.0 Å². The van der Waals surface area contributed by atoms with Crippen LogP contribution in [0, 0.1) is 17.3 Å². The molecule has 0 aromatic heterocycles. The Bertz CT molecular complexity index is 307. The van der Waals surface area contributed by atoms with E-state index >= 15 is 0 Å². The molecule has 0 aromatic rings. The molecule has 1 aliphatic heterocycles. The summed E-state index contributed by atoms with van der Waals surface area (Å²) >= 11 is 0. The highest BCUT2D eigenvalue weighted by Gasteiger charge is 2.63. The van der Waals surface area contributed by atoms with Gasteiger partial charge in [-0.15, -0.1) is 0 Å². The molecule has 2 bridgehead atoms. The third kappa shape index (κ3) is 1.59. The number of ether oxygens (including phenoxy) is 1. The highest BCUT2D eigenvalue weighted by Crippen LogP contribution is 2.63. The van der Waals surface area contributed by atoms with Crippen LogP contribution < -0.4 is 0 Å². The molecule has 1 saturated heterocycles. The molecule has 0 aromatic carbocycles. The monoisotopic (exact) mass is 239 g/mol. The molecular weight excluding hydrogens is 214 g/mol. The van der Waals surface area contributed by atoms with Crippen molar-refractivity contribution >= 4 is 0 Å². The molecule has 17 heavy (non-hydrogen) atoms. The summed E-state index contributed by atoms with van der Waals surface area (Å²) in [5.41, 5.74) is -0.179. The van der Waals surface area contributed by atoms with Crippen molar-refractivity contribution in [2.24, 2.45) is 17.3 Å². The zero-order valence-corrected chi connectivity index (χ0v) is 11.3. The first-order valence-corrected chi connectivity index (χ1v) is 6.98. The van der Waals surface area contributed by atoms with Crippen molar-refractivity contribution in [2.75, 3.05) is 26.3 Å². The average molecular weight is 239 g/mol. The SMILES string of the molecule is CC1(C)[C@@H]2C[C@@H](N3CCOCC3)[C@@](C)(O)[C@H]1C2. The van der Waals surface area contributed by atoms with Crippen LogP contribution in [0.15, 0.2) is 0 Å². The van der Waals surface area contributed by atoms with Gasteiger partial charge >= 0.3 is 0 Å². The second-order valence-corrected chi connectivity index (χ2v) is 6.93. The summed E-state index contributed by atoms with van der Waals surface area (Å²) in [7, 11) is 0. The van der Waals surface area contributed by atoms with E-state index in [2.05, 4.69) is 25.7 Å². The van der Waals surface area contributed by atoms with E-state index in [0.29, 0.717) is 17.4 Å². The minimum absolute atomic E-state index is 0.340. The number of hydrogen-bond donors (Lipinski definition) is 1. The van der Waals surface area contributed by atoms with Crippen LogP contribution in [0.1, 0.15) is 33.6 Å². The van der Waals surface area contributed by atoms with Gasteiger partial charge in [-0.2, -0.15) is 0 Å². The van der Waals surface area contributed by atoms with Crippen molar-refractivity contribution in [3.63, 3.8) is 0 Å². The van der Waals surface area contributed by atoms with Crippen molar-refractivity contribution in [3.8, 4) is 0 Å². The Balaban J connectivity index is 1.79. The lowest BCUT2D eigenvalue weighted by Crippen LogP contribution is -2.70. The van der Waals surface area contributed by atoms with E-state index < -0.39 is 5.60 Å². The van der Waals surface area contributed by atoms with Gasteiger partial charge in [0.25, 0.3) is 0 Å². The maximum absolute atomic E-state index is 10.9. The van der Waals surface area contributed by atoms with Gasteiger partial charge in [0, 0.05) is 19.1 Å². The second kappa shape index (κ2) is 3.69. The Kier molecular flexibility index (Phi) is 2.59. The van der Waals surface area contributed by atoms with Crippen molar-refractivity contribution < 1.29 is 9.84 Å². The van der Waals surface area contributed by atoms with Crippen LogP contribution in [-0.2, 0) is 4.74 Å². The number of rotatable bonds is 1. The molecule has 4 fully saturated rings. The van der Waals surface area contributed by atoms with Crippen molar-refractivity contribution in [1.29, 1.82) is 0 Å². The normalized spacial score (nSPS) is 49.8. The Labute approximate surface area is 104 Å². The molecule has 1 N–H and O–H groups in total. The first-order valence-electron chi connectivity index (χ1n) is 6.98. The molecular formula is C14H25NO2. The predicted octanol–water partition coefficient (Wildman–Crippen LogP) is 1.50. The van der Waals surface area contributed by atoms with Gasteiger partial charge in [0.2, 0.25) is 0 Å². The first-order chi connectivity index (χ1) is 7.94. The Morgan fingerprint density at radius 2 is 1.76 bits per heavy atom. The number of fused-ring (bicyclic) bond motifs is 2. The molecule has 0 radical (unpaired) electrons. The average Bonchev–Trinajstić information content (AvgIpc) is 2.28. The van der Waals surface area contributed by atoms with Crippen LogP contribution >= 0.6 is 0 Å². The largest absolute Gasteiger partial charge is 0.388 e. The van der Waals surface area contributed by atoms with E-state index in [-0.39, 0.29) is 0 Å². The quantitative estimate of drug-likeness (QED) is 0.753. The number of morpholine rings is 1. The Morgan fingerprint density at radius 1 is 1.12 bits per heavy atom. The topological polar surface area (TPSA) is 32.7 Å².